The number of nitrogens with one attached hydrogen (secondary N) is 1. The maximum absolute atomic E-state index is 11.2. The van der Waals surface area contributed by atoms with Crippen molar-refractivity contribution < 1.29 is 14.6 Å². The Labute approximate surface area is 122 Å². The van der Waals surface area contributed by atoms with Gasteiger partial charge in [-0.3, -0.25) is 9.78 Å². The number of benzene rings is 1. The number of nitrogens with two attached hydrogens (primary N) is 1. The van der Waals surface area contributed by atoms with Crippen molar-refractivity contribution >= 4 is 11.6 Å². The fourth-order valence-electron chi connectivity index (χ4n) is 1.91. The van der Waals surface area contributed by atoms with Crippen LogP contribution in [0.1, 0.15) is 21.7 Å². The monoisotopic (exact) mass is 287 g/mol. The van der Waals surface area contributed by atoms with Gasteiger partial charge in [-0.25, -0.2) is 0 Å². The van der Waals surface area contributed by atoms with Crippen molar-refractivity contribution in [3.8, 4) is 11.5 Å². The highest BCUT2D eigenvalue weighted by atomic mass is 16.5. The van der Waals surface area contributed by atoms with E-state index in [1.165, 1.54) is 7.11 Å². The molecule has 0 saturated heterocycles. The molecule has 1 aromatic carbocycles. The minimum Gasteiger partial charge on any atom is -0.506 e. The molecule has 2 aromatic rings. The van der Waals surface area contributed by atoms with Gasteiger partial charge in [-0.05, 0) is 37.3 Å². The molecule has 0 spiro atoms. The van der Waals surface area contributed by atoms with Crippen LogP contribution >= 0.6 is 0 Å². The van der Waals surface area contributed by atoms with Crippen molar-refractivity contribution in [1.82, 2.24) is 4.98 Å². The number of nitrogens with zero attached hydrogens (tertiary/aromatic N) is 1. The molecule has 0 aliphatic carbocycles. The van der Waals surface area contributed by atoms with E-state index in [-0.39, 0.29) is 5.75 Å². The van der Waals surface area contributed by atoms with E-state index in [0.29, 0.717) is 29.2 Å². The fraction of sp³-hybridized carbons (Fsp3) is 0.200. The number of anilines is 1. The molecule has 0 fully saturated rings. The van der Waals surface area contributed by atoms with Crippen LogP contribution in [0.4, 0.5) is 5.69 Å². The number of aromatic nitrogens is 1. The predicted molar refractivity (Wildman–Crippen MR) is 79.5 cm³/mol. The van der Waals surface area contributed by atoms with Crippen molar-refractivity contribution in [3.63, 3.8) is 0 Å². The molecule has 4 N–H and O–H groups in total. The lowest BCUT2D eigenvalue weighted by molar-refractivity contribution is 0.100. The molecule has 1 aromatic heterocycles. The Morgan fingerprint density at radius 1 is 1.38 bits per heavy atom. The van der Waals surface area contributed by atoms with Gasteiger partial charge in [0.25, 0.3) is 0 Å². The van der Waals surface area contributed by atoms with Crippen LogP contribution in [0.15, 0.2) is 30.3 Å². The summed E-state index contributed by atoms with van der Waals surface area (Å²) in [5, 5.41) is 12.9. The minimum atomic E-state index is -0.516. The normalized spacial score (nSPS) is 10.2. The van der Waals surface area contributed by atoms with Crippen LogP contribution in [0.2, 0.25) is 0 Å². The van der Waals surface area contributed by atoms with Crippen molar-refractivity contribution in [2.24, 2.45) is 5.73 Å². The quantitative estimate of drug-likeness (QED) is 0.779. The van der Waals surface area contributed by atoms with Gasteiger partial charge in [0.15, 0.2) is 0 Å². The number of pyridine rings is 1. The van der Waals surface area contributed by atoms with Gasteiger partial charge in [-0.2, -0.15) is 0 Å². The van der Waals surface area contributed by atoms with Crippen LogP contribution in [0.5, 0.6) is 11.5 Å². The Hall–Kier alpha value is -2.76. The highest BCUT2D eigenvalue weighted by Crippen LogP contribution is 2.26. The molecule has 110 valence electrons. The SMILES string of the molecule is COc1ccc(C(N)=O)cc1NCc1nc(C)ccc1O. The van der Waals surface area contributed by atoms with Crippen LogP contribution in [0.3, 0.4) is 0 Å². The predicted octanol–water partition coefficient (Wildman–Crippen LogP) is 1.82. The van der Waals surface area contributed by atoms with E-state index in [9.17, 15) is 9.90 Å². The summed E-state index contributed by atoms with van der Waals surface area (Å²) in [6.45, 7) is 2.14. The number of aromatic hydroxyl groups is 1. The van der Waals surface area contributed by atoms with E-state index in [0.717, 1.165) is 5.69 Å². The number of amides is 1. The zero-order valence-corrected chi connectivity index (χ0v) is 11.9. The first-order valence-electron chi connectivity index (χ1n) is 6.38. The van der Waals surface area contributed by atoms with Gasteiger partial charge < -0.3 is 20.9 Å². The summed E-state index contributed by atoms with van der Waals surface area (Å²) >= 11 is 0. The molecule has 1 heterocycles. The summed E-state index contributed by atoms with van der Waals surface area (Å²) in [5.41, 5.74) is 7.57. The molecule has 6 nitrogen and oxygen atoms in total. The number of carbonyl (C=O) groups is 1. The summed E-state index contributed by atoms with van der Waals surface area (Å²) in [6, 6.07) is 8.18. The van der Waals surface area contributed by atoms with Gasteiger partial charge in [0.05, 0.1) is 19.3 Å². The third-order valence-corrected chi connectivity index (χ3v) is 3.02. The Balaban J connectivity index is 2.24. The highest BCUT2D eigenvalue weighted by molar-refractivity contribution is 5.94. The average Bonchev–Trinajstić information content (AvgIpc) is 2.47. The fourth-order valence-corrected chi connectivity index (χ4v) is 1.91. The molecular formula is C15H17N3O3. The second-order valence-electron chi connectivity index (χ2n) is 4.55. The molecule has 0 bridgehead atoms. The first-order chi connectivity index (χ1) is 10.0. The lowest BCUT2D eigenvalue weighted by Crippen LogP contribution is -2.12. The summed E-state index contributed by atoms with van der Waals surface area (Å²) in [6.07, 6.45) is 0. The summed E-state index contributed by atoms with van der Waals surface area (Å²) < 4.78 is 5.22. The van der Waals surface area contributed by atoms with Crippen molar-refractivity contribution in [3.05, 3.63) is 47.3 Å². The molecule has 21 heavy (non-hydrogen) atoms. The summed E-state index contributed by atoms with van der Waals surface area (Å²) in [5.74, 6) is 0.169. The van der Waals surface area contributed by atoms with Crippen LogP contribution in [0, 0.1) is 6.92 Å². The zero-order chi connectivity index (χ0) is 15.4. The third kappa shape index (κ3) is 3.42. The highest BCUT2D eigenvalue weighted by Gasteiger charge is 2.09. The van der Waals surface area contributed by atoms with Gasteiger partial charge in [-0.15, -0.1) is 0 Å². The Kier molecular flexibility index (Phi) is 4.27. The van der Waals surface area contributed by atoms with E-state index in [1.807, 2.05) is 6.92 Å². The maximum atomic E-state index is 11.2. The molecule has 0 aliphatic rings. The van der Waals surface area contributed by atoms with Gasteiger partial charge in [-0.1, -0.05) is 0 Å². The van der Waals surface area contributed by atoms with Crippen LogP contribution < -0.4 is 15.8 Å². The number of primary amides is 1. The molecule has 0 radical (unpaired) electrons. The Bertz CT molecular complexity index is 671. The summed E-state index contributed by atoms with van der Waals surface area (Å²) in [4.78, 5) is 15.5. The number of hydrogen-bond acceptors (Lipinski definition) is 5. The molecule has 2 rings (SSSR count). The molecule has 1 amide bonds. The lowest BCUT2D eigenvalue weighted by Gasteiger charge is -2.12. The first-order valence-corrected chi connectivity index (χ1v) is 6.38. The maximum Gasteiger partial charge on any atom is 0.248 e. The van der Waals surface area contributed by atoms with Gasteiger partial charge in [0.2, 0.25) is 5.91 Å². The molecule has 0 atom stereocenters. The minimum absolute atomic E-state index is 0.109. The van der Waals surface area contributed by atoms with Gasteiger partial charge in [0, 0.05) is 11.3 Å². The van der Waals surface area contributed by atoms with E-state index in [2.05, 4.69) is 10.3 Å². The Morgan fingerprint density at radius 2 is 2.14 bits per heavy atom. The van der Waals surface area contributed by atoms with E-state index >= 15 is 0 Å². The summed E-state index contributed by atoms with van der Waals surface area (Å²) in [7, 11) is 1.53. The number of carbonyl (C=O) groups excluding carboxylic acids is 1. The van der Waals surface area contributed by atoms with E-state index in [4.69, 9.17) is 10.5 Å². The average molecular weight is 287 g/mol. The molecule has 0 unspecified atom stereocenters. The molecule has 6 heteroatoms. The van der Waals surface area contributed by atoms with Gasteiger partial charge >= 0.3 is 0 Å². The third-order valence-electron chi connectivity index (χ3n) is 3.02. The largest absolute Gasteiger partial charge is 0.506 e. The van der Waals surface area contributed by atoms with E-state index < -0.39 is 5.91 Å². The number of ether oxygens (including phenoxy) is 1. The smallest absolute Gasteiger partial charge is 0.248 e. The standard InChI is InChI=1S/C15H17N3O3/c1-9-3-5-13(19)12(18-9)8-17-11-7-10(15(16)20)4-6-14(11)21-2/h3-7,17,19H,8H2,1-2H3,(H2,16,20). The van der Waals surface area contributed by atoms with Crippen LogP contribution in [0.25, 0.3) is 0 Å². The lowest BCUT2D eigenvalue weighted by atomic mass is 10.1. The van der Waals surface area contributed by atoms with E-state index in [1.54, 1.807) is 30.3 Å². The van der Waals surface area contributed by atoms with Crippen LogP contribution in [-0.2, 0) is 6.54 Å². The number of aryl methyl sites for hydroxylation is 1. The van der Waals surface area contributed by atoms with Crippen molar-refractivity contribution in [2.75, 3.05) is 12.4 Å². The van der Waals surface area contributed by atoms with Crippen molar-refractivity contribution in [1.29, 1.82) is 0 Å². The second kappa shape index (κ2) is 6.13. The number of hydrogen-bond donors (Lipinski definition) is 3. The molecular weight excluding hydrogens is 270 g/mol. The molecule has 0 saturated carbocycles. The topological polar surface area (TPSA) is 97.5 Å². The van der Waals surface area contributed by atoms with Crippen LogP contribution in [-0.4, -0.2) is 23.1 Å². The zero-order valence-electron chi connectivity index (χ0n) is 11.9. The first kappa shape index (κ1) is 14.6. The number of methoxy groups -OCH3 is 1. The molecule has 0 aliphatic heterocycles. The number of rotatable bonds is 5. The van der Waals surface area contributed by atoms with Crippen molar-refractivity contribution in [2.45, 2.75) is 13.5 Å². The second-order valence-corrected chi connectivity index (χ2v) is 4.55. The Morgan fingerprint density at radius 3 is 2.81 bits per heavy atom. The van der Waals surface area contributed by atoms with Gasteiger partial charge in [0.1, 0.15) is 17.2 Å².